The third kappa shape index (κ3) is 44.2. The fourth-order valence-electron chi connectivity index (χ4n) is 6.58. The van der Waals surface area contributed by atoms with Crippen molar-refractivity contribution in [3.63, 3.8) is 0 Å². The van der Waals surface area contributed by atoms with Gasteiger partial charge in [0.15, 0.2) is 6.10 Å². The number of hydrogen-bond acceptors (Lipinski definition) is 5. The maximum atomic E-state index is 12.2. The highest BCUT2D eigenvalue weighted by Gasteiger charge is 2.16. The summed E-state index contributed by atoms with van der Waals surface area (Å²) in [5.74, 6) is -0.607. The minimum Gasteiger partial charge on any atom is -0.462 e. The van der Waals surface area contributed by atoms with Crippen LogP contribution >= 0.6 is 0 Å². The van der Waals surface area contributed by atoms with Crippen molar-refractivity contribution >= 4 is 11.9 Å². The molecule has 0 aromatic heterocycles. The first-order valence-electron chi connectivity index (χ1n) is 23.3. The molecule has 0 heterocycles. The summed E-state index contributed by atoms with van der Waals surface area (Å²) in [7, 11) is 0. The first-order valence-corrected chi connectivity index (χ1v) is 23.3. The Morgan fingerprint density at radius 2 is 0.782 bits per heavy atom. The second kappa shape index (κ2) is 46.0. The van der Waals surface area contributed by atoms with Gasteiger partial charge >= 0.3 is 11.9 Å². The molecule has 1 atom stereocenters. The highest BCUT2D eigenvalue weighted by atomic mass is 16.6. The number of esters is 2. The van der Waals surface area contributed by atoms with E-state index in [2.05, 4.69) is 74.6 Å². The monoisotopic (exact) mass is 769 g/mol. The Balaban J connectivity index is 3.56. The molecule has 0 saturated heterocycles. The summed E-state index contributed by atoms with van der Waals surface area (Å²) >= 11 is 0. The van der Waals surface area contributed by atoms with Crippen molar-refractivity contribution in [3.05, 3.63) is 60.8 Å². The molecular weight excluding hydrogens is 681 g/mol. The van der Waals surface area contributed by atoms with Crippen molar-refractivity contribution in [3.8, 4) is 0 Å². The molecule has 1 N–H and O–H groups in total. The Labute approximate surface area is 341 Å². The van der Waals surface area contributed by atoms with Gasteiger partial charge in [-0.05, 0) is 57.8 Å². The van der Waals surface area contributed by atoms with Crippen LogP contribution in [0.5, 0.6) is 0 Å². The van der Waals surface area contributed by atoms with E-state index in [-0.39, 0.29) is 25.2 Å². The summed E-state index contributed by atoms with van der Waals surface area (Å²) in [6, 6.07) is 0. The summed E-state index contributed by atoms with van der Waals surface area (Å²) < 4.78 is 10.6. The van der Waals surface area contributed by atoms with Crippen molar-refractivity contribution < 1.29 is 24.2 Å². The number of hydrogen-bond donors (Lipinski definition) is 1. The molecule has 5 nitrogen and oxygen atoms in total. The summed E-state index contributed by atoms with van der Waals surface area (Å²) in [6.07, 6.45) is 60.1. The molecular formula is C50H88O5. The largest absolute Gasteiger partial charge is 0.462 e. The van der Waals surface area contributed by atoms with E-state index in [1.165, 1.54) is 109 Å². The Bertz CT molecular complexity index is 961. The van der Waals surface area contributed by atoms with Crippen molar-refractivity contribution in [2.75, 3.05) is 13.2 Å². The van der Waals surface area contributed by atoms with Gasteiger partial charge in [-0.2, -0.15) is 0 Å². The second-order valence-electron chi connectivity index (χ2n) is 15.5. The Morgan fingerprint density at radius 1 is 0.436 bits per heavy atom. The topological polar surface area (TPSA) is 72.8 Å². The molecule has 0 radical (unpaired) electrons. The summed E-state index contributed by atoms with van der Waals surface area (Å²) in [5.41, 5.74) is 0. The van der Waals surface area contributed by atoms with Crippen LogP contribution in [0, 0.1) is 0 Å². The van der Waals surface area contributed by atoms with Gasteiger partial charge in [-0.1, -0.05) is 216 Å². The van der Waals surface area contributed by atoms with E-state index in [4.69, 9.17) is 9.47 Å². The van der Waals surface area contributed by atoms with Crippen molar-refractivity contribution in [1.29, 1.82) is 0 Å². The van der Waals surface area contributed by atoms with E-state index in [1.54, 1.807) is 0 Å². The van der Waals surface area contributed by atoms with Crippen LogP contribution < -0.4 is 0 Å². The predicted octanol–water partition coefficient (Wildman–Crippen LogP) is 15.1. The fraction of sp³-hybridized carbons (Fsp3) is 0.760. The minimum absolute atomic E-state index is 0.0733. The third-order valence-electron chi connectivity index (χ3n) is 10.1. The third-order valence-corrected chi connectivity index (χ3v) is 10.1. The summed E-state index contributed by atoms with van der Waals surface area (Å²) in [6.45, 7) is 4.03. The average molecular weight is 769 g/mol. The van der Waals surface area contributed by atoms with Crippen LogP contribution in [0.1, 0.15) is 226 Å². The lowest BCUT2D eigenvalue weighted by atomic mass is 10.0. The highest BCUT2D eigenvalue weighted by molar-refractivity contribution is 5.70. The van der Waals surface area contributed by atoms with Crippen LogP contribution in [0.3, 0.4) is 0 Å². The zero-order chi connectivity index (χ0) is 40.0. The Hall–Kier alpha value is -2.40. The van der Waals surface area contributed by atoms with Gasteiger partial charge in [0.25, 0.3) is 0 Å². The van der Waals surface area contributed by atoms with Gasteiger partial charge in [-0.25, -0.2) is 0 Å². The van der Waals surface area contributed by atoms with Crippen molar-refractivity contribution in [1.82, 2.24) is 0 Å². The lowest BCUT2D eigenvalue weighted by Gasteiger charge is -2.15. The maximum absolute atomic E-state index is 12.2. The number of allylic oxidation sites excluding steroid dienone is 10. The van der Waals surface area contributed by atoms with Crippen molar-refractivity contribution in [2.24, 2.45) is 0 Å². The number of carbonyl (C=O) groups is 2. The Kier molecular flexibility index (Phi) is 44.0. The van der Waals surface area contributed by atoms with Gasteiger partial charge in [-0.15, -0.1) is 0 Å². The summed E-state index contributed by atoms with van der Waals surface area (Å²) in [5, 5.41) is 9.60. The van der Waals surface area contributed by atoms with Gasteiger partial charge in [0, 0.05) is 12.8 Å². The number of aliphatic hydroxyl groups excluding tert-OH is 1. The molecule has 0 aromatic rings. The van der Waals surface area contributed by atoms with E-state index in [0.717, 1.165) is 89.9 Å². The summed E-state index contributed by atoms with van der Waals surface area (Å²) in [4.78, 5) is 24.4. The molecule has 0 fully saturated rings. The van der Waals surface area contributed by atoms with Crippen molar-refractivity contribution in [2.45, 2.75) is 232 Å². The molecule has 0 aliphatic carbocycles. The first-order chi connectivity index (χ1) is 27.1. The number of aliphatic hydroxyl groups is 1. The lowest BCUT2D eigenvalue weighted by Crippen LogP contribution is -2.28. The molecule has 5 heteroatoms. The van der Waals surface area contributed by atoms with Crippen LogP contribution in [0.2, 0.25) is 0 Å². The minimum atomic E-state index is -0.783. The smallest absolute Gasteiger partial charge is 0.306 e. The molecule has 0 amide bonds. The van der Waals surface area contributed by atoms with Crippen LogP contribution in [0.15, 0.2) is 60.8 Å². The molecule has 0 saturated carbocycles. The van der Waals surface area contributed by atoms with E-state index in [9.17, 15) is 14.7 Å². The van der Waals surface area contributed by atoms with Crippen LogP contribution in [0.4, 0.5) is 0 Å². The molecule has 0 aromatic carbocycles. The molecule has 55 heavy (non-hydrogen) atoms. The van der Waals surface area contributed by atoms with E-state index >= 15 is 0 Å². The lowest BCUT2D eigenvalue weighted by molar-refractivity contribution is -0.161. The molecule has 0 spiro atoms. The number of unbranched alkanes of at least 4 members (excludes halogenated alkanes) is 24. The fourth-order valence-corrected chi connectivity index (χ4v) is 6.58. The average Bonchev–Trinajstić information content (AvgIpc) is 3.19. The van der Waals surface area contributed by atoms with Gasteiger partial charge in [0.1, 0.15) is 6.61 Å². The molecule has 0 bridgehead atoms. The van der Waals surface area contributed by atoms with E-state index in [0.29, 0.717) is 12.8 Å². The van der Waals surface area contributed by atoms with Crippen LogP contribution in [0.25, 0.3) is 0 Å². The molecule has 0 rings (SSSR count). The molecule has 318 valence electrons. The number of rotatable bonds is 42. The van der Waals surface area contributed by atoms with Gasteiger partial charge < -0.3 is 14.6 Å². The number of ether oxygens (including phenoxy) is 2. The highest BCUT2D eigenvalue weighted by Crippen LogP contribution is 2.15. The molecule has 0 aliphatic rings. The molecule has 0 aliphatic heterocycles. The van der Waals surface area contributed by atoms with Crippen LogP contribution in [-0.4, -0.2) is 36.4 Å². The quantitative estimate of drug-likeness (QED) is 0.0380. The first kappa shape index (κ1) is 52.6. The zero-order valence-corrected chi connectivity index (χ0v) is 36.2. The van der Waals surface area contributed by atoms with Gasteiger partial charge in [0.05, 0.1) is 6.61 Å². The molecule has 1 unspecified atom stereocenters. The van der Waals surface area contributed by atoms with Crippen LogP contribution in [-0.2, 0) is 19.1 Å². The predicted molar refractivity (Wildman–Crippen MR) is 237 cm³/mol. The normalized spacial score (nSPS) is 12.7. The SMILES string of the molecule is CC/C=C\C/C=C\C/C=C\C/C=C\C/C=C\CCCCCCCC(=O)OC(CO)COC(=O)CCCCCCCCCCCCCCCCCCCCCC. The zero-order valence-electron chi connectivity index (χ0n) is 36.2. The maximum Gasteiger partial charge on any atom is 0.306 e. The van der Waals surface area contributed by atoms with E-state index < -0.39 is 6.10 Å². The van der Waals surface area contributed by atoms with Gasteiger partial charge in [0.2, 0.25) is 0 Å². The second-order valence-corrected chi connectivity index (χ2v) is 15.5. The Morgan fingerprint density at radius 3 is 1.18 bits per heavy atom. The number of carbonyl (C=O) groups excluding carboxylic acids is 2. The van der Waals surface area contributed by atoms with E-state index in [1.807, 2.05) is 0 Å². The van der Waals surface area contributed by atoms with Gasteiger partial charge in [-0.3, -0.25) is 9.59 Å². The standard InChI is InChI=1S/C50H88O5/c1-3-5-7-9-11-13-15-17-19-21-23-25-27-29-31-33-35-37-39-41-43-45-50(53)55-48(46-51)47-54-49(52)44-42-40-38-36-34-32-30-28-26-24-22-20-18-16-14-12-10-8-6-4-2/h5,7,11,13,17,19,23,25,29,31,48,51H,3-4,6,8-10,12,14-16,18,20-22,24,26-28,30,32-47H2,1-2H3/b7-5-,13-11-,19-17-,25-23-,31-29-.